The van der Waals surface area contributed by atoms with E-state index >= 15 is 0 Å². The van der Waals surface area contributed by atoms with E-state index in [1.54, 1.807) is 6.92 Å². The Labute approximate surface area is 167 Å². The van der Waals surface area contributed by atoms with Crippen molar-refractivity contribution in [2.75, 3.05) is 11.9 Å². The number of nitrogens with zero attached hydrogens (tertiary/aromatic N) is 1. The van der Waals surface area contributed by atoms with Gasteiger partial charge in [-0.25, -0.2) is 4.79 Å². The van der Waals surface area contributed by atoms with Gasteiger partial charge in [0.05, 0.1) is 11.8 Å². The third kappa shape index (κ3) is 3.81. The number of carbonyl (C=O) groups is 2. The molecule has 0 bridgehead atoms. The highest BCUT2D eigenvalue weighted by Gasteiger charge is 2.40. The van der Waals surface area contributed by atoms with E-state index in [1.165, 1.54) is 23.7 Å². The van der Waals surface area contributed by atoms with Crippen LogP contribution in [-0.4, -0.2) is 24.0 Å². The normalized spacial score (nSPS) is 16.7. The molecule has 0 saturated heterocycles. The van der Waals surface area contributed by atoms with Crippen LogP contribution in [0.3, 0.4) is 0 Å². The zero-order chi connectivity index (χ0) is 20.7. The van der Waals surface area contributed by atoms with Crippen LogP contribution in [0.4, 0.5) is 5.00 Å². The van der Waals surface area contributed by atoms with Gasteiger partial charge in [0.25, 0.3) is 5.91 Å². The molecular formula is C20H23N3O4S. The maximum Gasteiger partial charge on any atom is 0.342 e. The molecule has 0 aliphatic carbocycles. The van der Waals surface area contributed by atoms with Crippen molar-refractivity contribution in [3.05, 3.63) is 39.7 Å². The zero-order valence-corrected chi connectivity index (χ0v) is 17.4. The molecule has 1 amide bonds. The van der Waals surface area contributed by atoms with Crippen LogP contribution in [0.25, 0.3) is 0 Å². The second kappa shape index (κ2) is 7.08. The Hall–Kier alpha value is -2.63. The minimum atomic E-state index is -0.625. The predicted octanol–water partition coefficient (Wildman–Crippen LogP) is 3.48. The lowest BCUT2D eigenvalue weighted by atomic mass is 9.81. The van der Waals surface area contributed by atoms with E-state index in [0.29, 0.717) is 22.7 Å². The third-order valence-electron chi connectivity index (χ3n) is 4.62. The second-order valence-corrected chi connectivity index (χ2v) is 9.07. The van der Waals surface area contributed by atoms with Gasteiger partial charge in [0.15, 0.2) is 6.61 Å². The van der Waals surface area contributed by atoms with Crippen molar-refractivity contribution in [3.8, 4) is 6.07 Å². The summed E-state index contributed by atoms with van der Waals surface area (Å²) in [5, 5.41) is 16.5. The molecule has 0 saturated carbocycles. The summed E-state index contributed by atoms with van der Waals surface area (Å²) in [7, 11) is 0. The molecule has 7 nitrogen and oxygen atoms in total. The lowest BCUT2D eigenvalue weighted by Crippen LogP contribution is -2.54. The predicted molar refractivity (Wildman–Crippen MR) is 105 cm³/mol. The lowest BCUT2D eigenvalue weighted by Gasteiger charge is -2.42. The molecule has 2 aromatic heterocycles. The average molecular weight is 401 g/mol. The van der Waals surface area contributed by atoms with Gasteiger partial charge < -0.3 is 19.8 Å². The lowest BCUT2D eigenvalue weighted by molar-refractivity contribution is -0.119. The number of esters is 1. The van der Waals surface area contributed by atoms with E-state index in [-0.39, 0.29) is 16.6 Å². The summed E-state index contributed by atoms with van der Waals surface area (Å²) in [5.74, 6) is -0.686. The average Bonchev–Trinajstić information content (AvgIpc) is 3.14. The highest BCUT2D eigenvalue weighted by Crippen LogP contribution is 2.44. The number of thiophene rings is 1. The van der Waals surface area contributed by atoms with Gasteiger partial charge >= 0.3 is 5.97 Å². The van der Waals surface area contributed by atoms with Gasteiger partial charge in [-0.05, 0) is 52.7 Å². The third-order valence-corrected chi connectivity index (χ3v) is 6.09. The molecule has 148 valence electrons. The molecule has 3 rings (SSSR count). The summed E-state index contributed by atoms with van der Waals surface area (Å²) in [6.45, 7) is 9.50. The molecule has 0 spiro atoms. The highest BCUT2D eigenvalue weighted by molar-refractivity contribution is 7.17. The van der Waals surface area contributed by atoms with Crippen molar-refractivity contribution in [1.29, 1.82) is 5.26 Å². The first kappa shape index (κ1) is 20.1. The van der Waals surface area contributed by atoms with Crippen molar-refractivity contribution in [2.24, 2.45) is 0 Å². The van der Waals surface area contributed by atoms with Gasteiger partial charge in [0, 0.05) is 16.0 Å². The smallest absolute Gasteiger partial charge is 0.342 e. The van der Waals surface area contributed by atoms with Gasteiger partial charge in [-0.2, -0.15) is 5.26 Å². The van der Waals surface area contributed by atoms with Crippen LogP contribution >= 0.6 is 11.3 Å². The molecule has 0 atom stereocenters. The first-order valence-corrected chi connectivity index (χ1v) is 9.72. The van der Waals surface area contributed by atoms with Crippen LogP contribution < -0.4 is 10.6 Å². The summed E-state index contributed by atoms with van der Waals surface area (Å²) >= 11 is 1.38. The number of hydrogen-bond acceptors (Lipinski definition) is 7. The number of nitriles is 1. The minimum Gasteiger partial charge on any atom is -0.469 e. The van der Waals surface area contributed by atoms with Crippen LogP contribution in [0.5, 0.6) is 0 Å². The largest absolute Gasteiger partial charge is 0.469 e. The van der Waals surface area contributed by atoms with Crippen LogP contribution in [0.1, 0.15) is 59.8 Å². The zero-order valence-electron chi connectivity index (χ0n) is 16.6. The van der Waals surface area contributed by atoms with E-state index in [2.05, 4.69) is 44.4 Å². The van der Waals surface area contributed by atoms with E-state index in [0.717, 1.165) is 10.4 Å². The molecule has 2 N–H and O–H groups in total. The van der Waals surface area contributed by atoms with E-state index < -0.39 is 18.5 Å². The number of furan rings is 1. The Morgan fingerprint density at radius 3 is 2.71 bits per heavy atom. The van der Waals surface area contributed by atoms with Gasteiger partial charge in [0.1, 0.15) is 22.4 Å². The highest BCUT2D eigenvalue weighted by atomic mass is 32.1. The minimum absolute atomic E-state index is 0.164. The fourth-order valence-corrected chi connectivity index (χ4v) is 4.95. The van der Waals surface area contributed by atoms with Crippen molar-refractivity contribution in [2.45, 2.75) is 52.1 Å². The molecule has 2 aromatic rings. The van der Waals surface area contributed by atoms with Gasteiger partial charge in [-0.1, -0.05) is 0 Å². The number of aryl methyl sites for hydroxylation is 1. The SMILES string of the molecule is Cc1occc1C(=O)OCC(=O)Nc1sc2c(c1C#N)CC(C)(C)NC2(C)C. The van der Waals surface area contributed by atoms with Crippen LogP contribution in [0.15, 0.2) is 16.7 Å². The number of ether oxygens (including phenoxy) is 1. The molecule has 0 fully saturated rings. The molecular weight excluding hydrogens is 378 g/mol. The topological polar surface area (TPSA) is 104 Å². The van der Waals surface area contributed by atoms with E-state index in [9.17, 15) is 14.9 Å². The van der Waals surface area contributed by atoms with Crippen molar-refractivity contribution in [3.63, 3.8) is 0 Å². The van der Waals surface area contributed by atoms with Crippen LogP contribution in [-0.2, 0) is 21.5 Å². The molecule has 0 aromatic carbocycles. The second-order valence-electron chi connectivity index (χ2n) is 8.05. The fraction of sp³-hybridized carbons (Fsp3) is 0.450. The maximum atomic E-state index is 12.3. The standard InChI is InChI=1S/C20H23N3O4S/c1-11-12(6-7-26-11)18(25)27-10-15(24)22-17-14(9-21)13-8-19(2,3)23-20(4,5)16(13)28-17/h6-7,23H,8,10H2,1-5H3,(H,22,24). The Morgan fingerprint density at radius 1 is 1.39 bits per heavy atom. The Morgan fingerprint density at radius 2 is 2.11 bits per heavy atom. The number of amides is 1. The maximum absolute atomic E-state index is 12.3. The Kier molecular flexibility index (Phi) is 5.08. The molecule has 1 aliphatic rings. The molecule has 8 heteroatoms. The van der Waals surface area contributed by atoms with Gasteiger partial charge in [0.2, 0.25) is 0 Å². The molecule has 1 aliphatic heterocycles. The van der Waals surface area contributed by atoms with Crippen LogP contribution in [0, 0.1) is 18.3 Å². The van der Waals surface area contributed by atoms with Crippen molar-refractivity contribution < 1.29 is 18.7 Å². The molecule has 0 radical (unpaired) electrons. The van der Waals surface area contributed by atoms with E-state index in [4.69, 9.17) is 9.15 Å². The summed E-state index contributed by atoms with van der Waals surface area (Å²) in [4.78, 5) is 25.3. The quantitative estimate of drug-likeness (QED) is 0.760. The molecule has 28 heavy (non-hydrogen) atoms. The summed E-state index contributed by atoms with van der Waals surface area (Å²) in [5.41, 5.74) is 1.24. The number of rotatable bonds is 4. The van der Waals surface area contributed by atoms with Crippen LogP contribution in [0.2, 0.25) is 0 Å². The van der Waals surface area contributed by atoms with Gasteiger partial charge in [-0.15, -0.1) is 11.3 Å². The summed E-state index contributed by atoms with van der Waals surface area (Å²) in [6, 6.07) is 3.72. The first-order valence-electron chi connectivity index (χ1n) is 8.91. The van der Waals surface area contributed by atoms with Crippen molar-refractivity contribution >= 4 is 28.2 Å². The van der Waals surface area contributed by atoms with Crippen molar-refractivity contribution in [1.82, 2.24) is 5.32 Å². The number of carbonyl (C=O) groups excluding carboxylic acids is 2. The number of fused-ring (bicyclic) bond motifs is 1. The first-order chi connectivity index (χ1) is 13.0. The number of anilines is 1. The Bertz CT molecular complexity index is 978. The summed E-state index contributed by atoms with van der Waals surface area (Å²) < 4.78 is 10.1. The molecule has 0 unspecified atom stereocenters. The monoisotopic (exact) mass is 401 g/mol. The van der Waals surface area contributed by atoms with E-state index in [1.807, 2.05) is 0 Å². The summed E-state index contributed by atoms with van der Waals surface area (Å²) in [6.07, 6.45) is 2.08. The Balaban J connectivity index is 1.75. The number of hydrogen-bond donors (Lipinski definition) is 2. The van der Waals surface area contributed by atoms with Gasteiger partial charge in [-0.3, -0.25) is 4.79 Å². The molecule has 3 heterocycles. The fourth-order valence-electron chi connectivity index (χ4n) is 3.70. The number of nitrogens with one attached hydrogen (secondary N) is 2.